The van der Waals surface area contributed by atoms with Crippen molar-refractivity contribution in [3.05, 3.63) is 58.6 Å². The number of halogens is 1. The van der Waals surface area contributed by atoms with Gasteiger partial charge in [0.05, 0.1) is 6.54 Å². The second-order valence-electron chi connectivity index (χ2n) is 4.60. The highest BCUT2D eigenvalue weighted by Crippen LogP contribution is 2.20. The van der Waals surface area contributed by atoms with Gasteiger partial charge in [-0.1, -0.05) is 34.1 Å². The summed E-state index contributed by atoms with van der Waals surface area (Å²) in [7, 11) is 1.79. The molecule has 0 atom stereocenters. The van der Waals surface area contributed by atoms with Crippen LogP contribution in [0.25, 0.3) is 0 Å². The molecule has 1 amide bonds. The first-order valence-corrected chi connectivity index (χ1v) is 7.19. The van der Waals surface area contributed by atoms with Crippen molar-refractivity contribution >= 4 is 33.2 Å². The van der Waals surface area contributed by atoms with Crippen molar-refractivity contribution in [1.82, 2.24) is 0 Å². The average Bonchev–Trinajstić information content (AvgIpc) is 2.46. The molecule has 0 fully saturated rings. The Kier molecular flexibility index (Phi) is 4.79. The highest BCUT2D eigenvalue weighted by atomic mass is 79.9. The van der Waals surface area contributed by atoms with E-state index in [0.717, 1.165) is 21.4 Å². The van der Waals surface area contributed by atoms with Gasteiger partial charge in [0, 0.05) is 22.9 Å². The summed E-state index contributed by atoms with van der Waals surface area (Å²) in [6, 6.07) is 15.6. The molecule has 0 saturated carbocycles. The van der Waals surface area contributed by atoms with Crippen molar-refractivity contribution in [2.75, 3.05) is 23.8 Å². The molecule has 0 aliphatic rings. The zero-order chi connectivity index (χ0) is 14.5. The summed E-state index contributed by atoms with van der Waals surface area (Å²) in [5.41, 5.74) is 2.98. The smallest absolute Gasteiger partial charge is 0.246 e. The molecule has 0 aliphatic heterocycles. The van der Waals surface area contributed by atoms with Gasteiger partial charge in [0.25, 0.3) is 0 Å². The lowest BCUT2D eigenvalue weighted by atomic mass is 10.2. The molecule has 0 unspecified atom stereocenters. The minimum absolute atomic E-state index is 0.0264. The molecule has 2 aromatic carbocycles. The number of benzene rings is 2. The van der Waals surface area contributed by atoms with Gasteiger partial charge in [-0.2, -0.15) is 0 Å². The van der Waals surface area contributed by atoms with Crippen LogP contribution in [0.1, 0.15) is 5.56 Å². The van der Waals surface area contributed by atoms with Crippen molar-refractivity contribution in [2.24, 2.45) is 0 Å². The summed E-state index contributed by atoms with van der Waals surface area (Å²) in [5, 5.41) is 3.18. The predicted molar refractivity (Wildman–Crippen MR) is 87.2 cm³/mol. The molecule has 2 rings (SSSR count). The number of carbonyl (C=O) groups excluding carboxylic acids is 1. The quantitative estimate of drug-likeness (QED) is 0.922. The molecule has 0 aromatic heterocycles. The van der Waals surface area contributed by atoms with Crippen molar-refractivity contribution in [2.45, 2.75) is 6.92 Å². The number of carbonyl (C=O) groups is 1. The van der Waals surface area contributed by atoms with E-state index < -0.39 is 0 Å². The Bertz CT molecular complexity index is 599. The van der Waals surface area contributed by atoms with Crippen LogP contribution in [-0.2, 0) is 4.79 Å². The number of hydrogen-bond acceptors (Lipinski definition) is 2. The van der Waals surface area contributed by atoms with Crippen molar-refractivity contribution in [3.63, 3.8) is 0 Å². The van der Waals surface area contributed by atoms with Crippen LogP contribution in [0.3, 0.4) is 0 Å². The van der Waals surface area contributed by atoms with E-state index in [9.17, 15) is 4.79 Å². The van der Waals surface area contributed by atoms with E-state index in [2.05, 4.69) is 21.2 Å². The molecule has 4 heteroatoms. The molecular weight excluding hydrogens is 316 g/mol. The minimum atomic E-state index is 0.0264. The van der Waals surface area contributed by atoms with Gasteiger partial charge in [-0.25, -0.2) is 0 Å². The van der Waals surface area contributed by atoms with Crippen molar-refractivity contribution in [1.29, 1.82) is 0 Å². The molecule has 0 saturated heterocycles. The minimum Gasteiger partial charge on any atom is -0.376 e. The van der Waals surface area contributed by atoms with Gasteiger partial charge >= 0.3 is 0 Å². The zero-order valence-corrected chi connectivity index (χ0v) is 13.1. The number of nitrogens with one attached hydrogen (secondary N) is 1. The number of rotatable bonds is 4. The standard InChI is InChI=1S/C16H17BrN2O/c1-12-10-13(17)8-9-15(12)18-11-16(20)19(2)14-6-4-3-5-7-14/h3-10,18H,11H2,1-2H3. The molecule has 3 nitrogen and oxygen atoms in total. The normalized spacial score (nSPS) is 10.2. The first-order valence-electron chi connectivity index (χ1n) is 6.39. The monoisotopic (exact) mass is 332 g/mol. The summed E-state index contributed by atoms with van der Waals surface area (Å²) < 4.78 is 1.04. The lowest BCUT2D eigenvalue weighted by Crippen LogP contribution is -2.32. The predicted octanol–water partition coefficient (Wildman–Crippen LogP) is 3.83. The number of nitrogens with zero attached hydrogens (tertiary/aromatic N) is 1. The number of aryl methyl sites for hydroxylation is 1. The Balaban J connectivity index is 1.98. The second kappa shape index (κ2) is 6.57. The zero-order valence-electron chi connectivity index (χ0n) is 11.6. The van der Waals surface area contributed by atoms with Gasteiger partial charge in [0.15, 0.2) is 0 Å². The van der Waals surface area contributed by atoms with Crippen LogP contribution in [0, 0.1) is 6.92 Å². The van der Waals surface area contributed by atoms with E-state index in [-0.39, 0.29) is 12.5 Å². The fourth-order valence-corrected chi connectivity index (χ4v) is 2.39. The van der Waals surface area contributed by atoms with E-state index >= 15 is 0 Å². The fraction of sp³-hybridized carbons (Fsp3) is 0.188. The second-order valence-corrected chi connectivity index (χ2v) is 5.52. The van der Waals surface area contributed by atoms with Crippen LogP contribution in [0.5, 0.6) is 0 Å². The molecule has 104 valence electrons. The van der Waals surface area contributed by atoms with Crippen LogP contribution in [-0.4, -0.2) is 19.5 Å². The first-order chi connectivity index (χ1) is 9.58. The van der Waals surface area contributed by atoms with Crippen molar-refractivity contribution in [3.8, 4) is 0 Å². The number of anilines is 2. The van der Waals surface area contributed by atoms with E-state index in [0.29, 0.717) is 0 Å². The maximum Gasteiger partial charge on any atom is 0.246 e. The molecule has 0 heterocycles. The summed E-state index contributed by atoms with van der Waals surface area (Å²) in [4.78, 5) is 13.8. The highest BCUT2D eigenvalue weighted by Gasteiger charge is 2.10. The fourth-order valence-electron chi connectivity index (χ4n) is 1.91. The van der Waals surface area contributed by atoms with Crippen LogP contribution < -0.4 is 10.2 Å². The Morgan fingerprint density at radius 2 is 1.90 bits per heavy atom. The molecule has 0 aliphatic carbocycles. The summed E-state index contributed by atoms with van der Waals surface area (Å²) in [6.45, 7) is 2.28. The average molecular weight is 333 g/mol. The SMILES string of the molecule is Cc1cc(Br)ccc1NCC(=O)N(C)c1ccccc1. The topological polar surface area (TPSA) is 32.3 Å². The summed E-state index contributed by atoms with van der Waals surface area (Å²) in [5.74, 6) is 0.0264. The van der Waals surface area contributed by atoms with Gasteiger partial charge in [0.2, 0.25) is 5.91 Å². The van der Waals surface area contributed by atoms with Crippen LogP contribution in [0.2, 0.25) is 0 Å². The maximum absolute atomic E-state index is 12.1. The Morgan fingerprint density at radius 1 is 1.20 bits per heavy atom. The molecule has 2 aromatic rings. The molecule has 20 heavy (non-hydrogen) atoms. The Labute approximate surface area is 127 Å². The number of likely N-dealkylation sites (N-methyl/N-ethyl adjacent to an activating group) is 1. The third-order valence-electron chi connectivity index (χ3n) is 3.14. The first kappa shape index (κ1) is 14.6. The Morgan fingerprint density at radius 3 is 2.55 bits per heavy atom. The molecule has 0 radical (unpaired) electrons. The number of hydrogen-bond donors (Lipinski definition) is 1. The molecule has 1 N–H and O–H groups in total. The van der Waals surface area contributed by atoms with Crippen LogP contribution in [0.15, 0.2) is 53.0 Å². The van der Waals surface area contributed by atoms with Gasteiger partial charge in [-0.05, 0) is 42.8 Å². The van der Waals surface area contributed by atoms with Gasteiger partial charge in [-0.15, -0.1) is 0 Å². The summed E-state index contributed by atoms with van der Waals surface area (Å²) in [6.07, 6.45) is 0. The third-order valence-corrected chi connectivity index (χ3v) is 3.63. The maximum atomic E-state index is 12.1. The molecular formula is C16H17BrN2O. The van der Waals surface area contributed by atoms with Crippen LogP contribution >= 0.6 is 15.9 Å². The van der Waals surface area contributed by atoms with E-state index in [1.807, 2.05) is 55.5 Å². The van der Waals surface area contributed by atoms with Gasteiger partial charge in [0.1, 0.15) is 0 Å². The van der Waals surface area contributed by atoms with E-state index in [1.165, 1.54) is 0 Å². The Hall–Kier alpha value is -1.81. The van der Waals surface area contributed by atoms with Crippen LogP contribution in [0.4, 0.5) is 11.4 Å². The van der Waals surface area contributed by atoms with Gasteiger partial charge in [-0.3, -0.25) is 4.79 Å². The molecule has 0 spiro atoms. The summed E-state index contributed by atoms with van der Waals surface area (Å²) >= 11 is 3.43. The number of amides is 1. The highest BCUT2D eigenvalue weighted by molar-refractivity contribution is 9.10. The lowest BCUT2D eigenvalue weighted by molar-refractivity contribution is -0.116. The van der Waals surface area contributed by atoms with E-state index in [4.69, 9.17) is 0 Å². The largest absolute Gasteiger partial charge is 0.376 e. The lowest BCUT2D eigenvalue weighted by Gasteiger charge is -2.18. The van der Waals surface area contributed by atoms with Crippen molar-refractivity contribution < 1.29 is 4.79 Å². The molecule has 0 bridgehead atoms. The van der Waals surface area contributed by atoms with E-state index in [1.54, 1.807) is 11.9 Å². The van der Waals surface area contributed by atoms with Gasteiger partial charge < -0.3 is 10.2 Å². The number of para-hydroxylation sites is 1. The third kappa shape index (κ3) is 3.61.